The van der Waals surface area contributed by atoms with E-state index in [1.807, 2.05) is 41.3 Å². The third-order valence-corrected chi connectivity index (χ3v) is 5.97. The molecule has 2 aliphatic rings. The topological polar surface area (TPSA) is 75.4 Å². The Morgan fingerprint density at radius 3 is 2.30 bits per heavy atom. The van der Waals surface area contributed by atoms with Crippen LogP contribution in [0.3, 0.4) is 0 Å². The van der Waals surface area contributed by atoms with Crippen LogP contribution in [0.25, 0.3) is 0 Å². The summed E-state index contributed by atoms with van der Waals surface area (Å²) in [5.41, 5.74) is 9.67. The Bertz CT molecular complexity index is 896. The molecule has 0 unspecified atom stereocenters. The van der Waals surface area contributed by atoms with Crippen LogP contribution in [0.15, 0.2) is 66.7 Å². The lowest BCUT2D eigenvalue weighted by molar-refractivity contribution is -0.127. The van der Waals surface area contributed by atoms with Crippen molar-refractivity contribution < 1.29 is 9.59 Å². The molecule has 0 radical (unpaired) electrons. The summed E-state index contributed by atoms with van der Waals surface area (Å²) >= 11 is 0. The van der Waals surface area contributed by atoms with Gasteiger partial charge in [-0.1, -0.05) is 60.7 Å². The van der Waals surface area contributed by atoms with Crippen LogP contribution < -0.4 is 11.1 Å². The van der Waals surface area contributed by atoms with Gasteiger partial charge < -0.3 is 16.0 Å². The van der Waals surface area contributed by atoms with E-state index in [1.54, 1.807) is 6.08 Å². The Morgan fingerprint density at radius 2 is 1.67 bits per heavy atom. The van der Waals surface area contributed by atoms with Crippen LogP contribution in [0.4, 0.5) is 0 Å². The molecule has 4 rings (SSSR count). The number of nitrogens with zero attached hydrogens (tertiary/aromatic N) is 1. The lowest BCUT2D eigenvalue weighted by Gasteiger charge is -2.19. The fraction of sp³-hybridized carbons (Fsp3) is 0.360. The zero-order chi connectivity index (χ0) is 20.9. The Morgan fingerprint density at radius 1 is 1.03 bits per heavy atom. The van der Waals surface area contributed by atoms with Gasteiger partial charge in [0.15, 0.2) is 0 Å². The SMILES string of the molecule is N[C@H](C(=O)N[C@H](/C=C/C(=O)N1Cc2ccccc2C1)CCc1ccccc1)C1CC1. The summed E-state index contributed by atoms with van der Waals surface area (Å²) in [6.45, 7) is 1.26. The predicted octanol–water partition coefficient (Wildman–Crippen LogP) is 2.94. The van der Waals surface area contributed by atoms with Gasteiger partial charge in [0, 0.05) is 25.2 Å². The van der Waals surface area contributed by atoms with E-state index in [0.717, 1.165) is 25.7 Å². The third kappa shape index (κ3) is 5.16. The van der Waals surface area contributed by atoms with Crippen molar-refractivity contribution in [3.63, 3.8) is 0 Å². The van der Waals surface area contributed by atoms with Crippen molar-refractivity contribution >= 4 is 11.8 Å². The number of carbonyl (C=O) groups excluding carboxylic acids is 2. The molecule has 2 aromatic carbocycles. The molecule has 2 aromatic rings. The average Bonchev–Trinajstić information content (AvgIpc) is 3.53. The second-order valence-electron chi connectivity index (χ2n) is 8.32. The van der Waals surface area contributed by atoms with Gasteiger partial charge in [-0.25, -0.2) is 0 Å². The summed E-state index contributed by atoms with van der Waals surface area (Å²) in [5, 5.41) is 3.05. The summed E-state index contributed by atoms with van der Waals surface area (Å²) in [6.07, 6.45) is 7.01. The maximum Gasteiger partial charge on any atom is 0.246 e. The Balaban J connectivity index is 1.39. The van der Waals surface area contributed by atoms with Crippen molar-refractivity contribution in [2.45, 2.75) is 50.9 Å². The monoisotopic (exact) mass is 403 g/mol. The maximum atomic E-state index is 12.7. The molecule has 1 saturated carbocycles. The van der Waals surface area contributed by atoms with E-state index in [2.05, 4.69) is 29.6 Å². The number of nitrogens with one attached hydrogen (secondary N) is 1. The highest BCUT2D eigenvalue weighted by molar-refractivity contribution is 5.88. The lowest BCUT2D eigenvalue weighted by atomic mass is 10.0. The Kier molecular flexibility index (Phi) is 6.29. The summed E-state index contributed by atoms with van der Waals surface area (Å²) < 4.78 is 0. The molecule has 0 bridgehead atoms. The van der Waals surface area contributed by atoms with Crippen molar-refractivity contribution in [1.29, 1.82) is 0 Å². The minimum absolute atomic E-state index is 0.0309. The Labute approximate surface area is 178 Å². The molecular formula is C25H29N3O2. The van der Waals surface area contributed by atoms with Gasteiger partial charge in [0.25, 0.3) is 0 Å². The number of benzene rings is 2. The van der Waals surface area contributed by atoms with Gasteiger partial charge >= 0.3 is 0 Å². The molecule has 2 amide bonds. The van der Waals surface area contributed by atoms with Gasteiger partial charge in [0.05, 0.1) is 6.04 Å². The van der Waals surface area contributed by atoms with E-state index in [-0.39, 0.29) is 17.9 Å². The number of nitrogens with two attached hydrogens (primary N) is 1. The number of hydrogen-bond donors (Lipinski definition) is 2. The molecule has 5 heteroatoms. The van der Waals surface area contributed by atoms with Gasteiger partial charge in [0.1, 0.15) is 0 Å². The second kappa shape index (κ2) is 9.26. The van der Waals surface area contributed by atoms with Crippen molar-refractivity contribution in [3.8, 4) is 0 Å². The van der Waals surface area contributed by atoms with Crippen LogP contribution >= 0.6 is 0 Å². The smallest absolute Gasteiger partial charge is 0.246 e. The molecule has 1 aliphatic carbocycles. The number of aryl methyl sites for hydroxylation is 1. The van der Waals surface area contributed by atoms with Crippen LogP contribution in [0.2, 0.25) is 0 Å². The molecule has 1 fully saturated rings. The average molecular weight is 404 g/mol. The van der Waals surface area contributed by atoms with Gasteiger partial charge in [-0.05, 0) is 48.3 Å². The highest BCUT2D eigenvalue weighted by atomic mass is 16.2. The summed E-state index contributed by atoms with van der Waals surface area (Å²) in [4.78, 5) is 27.1. The van der Waals surface area contributed by atoms with Crippen LogP contribution in [0.5, 0.6) is 0 Å². The number of hydrogen-bond acceptors (Lipinski definition) is 3. The Hall–Kier alpha value is -2.92. The number of carbonyl (C=O) groups is 2. The maximum absolute atomic E-state index is 12.7. The molecule has 5 nitrogen and oxygen atoms in total. The molecular weight excluding hydrogens is 374 g/mol. The van der Waals surface area contributed by atoms with E-state index >= 15 is 0 Å². The van der Waals surface area contributed by atoms with E-state index in [9.17, 15) is 9.59 Å². The first-order chi connectivity index (χ1) is 14.6. The zero-order valence-corrected chi connectivity index (χ0v) is 17.2. The zero-order valence-electron chi connectivity index (χ0n) is 17.2. The quantitative estimate of drug-likeness (QED) is 0.666. The summed E-state index contributed by atoms with van der Waals surface area (Å²) in [7, 11) is 0. The molecule has 1 aliphatic heterocycles. The molecule has 0 spiro atoms. The fourth-order valence-electron chi connectivity index (χ4n) is 3.92. The van der Waals surface area contributed by atoms with Crippen molar-refractivity contribution in [3.05, 3.63) is 83.4 Å². The highest BCUT2D eigenvalue weighted by Gasteiger charge is 2.33. The molecule has 156 valence electrons. The molecule has 0 saturated heterocycles. The van der Waals surface area contributed by atoms with Crippen LogP contribution in [-0.2, 0) is 29.1 Å². The number of fused-ring (bicyclic) bond motifs is 1. The van der Waals surface area contributed by atoms with E-state index < -0.39 is 6.04 Å². The van der Waals surface area contributed by atoms with Crippen molar-refractivity contribution in [2.24, 2.45) is 11.7 Å². The second-order valence-corrected chi connectivity index (χ2v) is 8.32. The van der Waals surface area contributed by atoms with Gasteiger partial charge in [-0.15, -0.1) is 0 Å². The molecule has 30 heavy (non-hydrogen) atoms. The van der Waals surface area contributed by atoms with Crippen LogP contribution in [0, 0.1) is 5.92 Å². The van der Waals surface area contributed by atoms with Gasteiger partial charge in [-0.2, -0.15) is 0 Å². The largest absolute Gasteiger partial charge is 0.349 e. The van der Waals surface area contributed by atoms with Crippen LogP contribution in [-0.4, -0.2) is 28.8 Å². The normalized spacial score (nSPS) is 17.6. The van der Waals surface area contributed by atoms with Crippen molar-refractivity contribution in [1.82, 2.24) is 10.2 Å². The minimum Gasteiger partial charge on any atom is -0.349 e. The molecule has 2 atom stereocenters. The van der Waals surface area contributed by atoms with E-state index in [0.29, 0.717) is 19.0 Å². The summed E-state index contributed by atoms with van der Waals surface area (Å²) in [5.74, 6) is 0.145. The first-order valence-corrected chi connectivity index (χ1v) is 10.7. The molecule has 0 aromatic heterocycles. The minimum atomic E-state index is -0.457. The highest BCUT2D eigenvalue weighted by Crippen LogP contribution is 2.31. The summed E-state index contributed by atoms with van der Waals surface area (Å²) in [6, 6.07) is 17.6. The van der Waals surface area contributed by atoms with E-state index in [1.165, 1.54) is 16.7 Å². The first-order valence-electron chi connectivity index (χ1n) is 10.7. The first kappa shape index (κ1) is 20.4. The standard InChI is InChI=1S/C25H29N3O2/c26-24(19-11-12-19)25(30)27-22(13-10-18-6-2-1-3-7-18)14-15-23(29)28-16-20-8-4-5-9-21(20)17-28/h1-9,14-15,19,22,24H,10-13,16-17,26H2,(H,27,30)/b15-14+/t22-,24-/m0/s1. The lowest BCUT2D eigenvalue weighted by Crippen LogP contribution is -2.46. The number of rotatable bonds is 8. The predicted molar refractivity (Wildman–Crippen MR) is 117 cm³/mol. The fourth-order valence-corrected chi connectivity index (χ4v) is 3.92. The molecule has 1 heterocycles. The third-order valence-electron chi connectivity index (χ3n) is 5.97. The van der Waals surface area contributed by atoms with Crippen molar-refractivity contribution in [2.75, 3.05) is 0 Å². The number of amides is 2. The van der Waals surface area contributed by atoms with E-state index in [4.69, 9.17) is 5.73 Å². The van der Waals surface area contributed by atoms with Gasteiger partial charge in [-0.3, -0.25) is 9.59 Å². The molecule has 3 N–H and O–H groups in total. The van der Waals surface area contributed by atoms with Gasteiger partial charge in [0.2, 0.25) is 11.8 Å². The van der Waals surface area contributed by atoms with Crippen LogP contribution in [0.1, 0.15) is 36.0 Å².